The van der Waals surface area contributed by atoms with Gasteiger partial charge < -0.3 is 24.6 Å². The molecular formula is C21H35IN4O3. The van der Waals surface area contributed by atoms with Crippen molar-refractivity contribution in [3.05, 3.63) is 29.8 Å². The minimum atomic E-state index is -0.0253. The van der Waals surface area contributed by atoms with Crippen molar-refractivity contribution in [1.29, 1.82) is 0 Å². The van der Waals surface area contributed by atoms with E-state index in [-0.39, 0.29) is 42.5 Å². The average molecular weight is 518 g/mol. The van der Waals surface area contributed by atoms with Crippen LogP contribution in [-0.4, -0.2) is 75.2 Å². The minimum Gasteiger partial charge on any atom is -0.494 e. The summed E-state index contributed by atoms with van der Waals surface area (Å²) in [6, 6.07) is 8.05. The van der Waals surface area contributed by atoms with Gasteiger partial charge in [-0.3, -0.25) is 4.79 Å². The number of rotatable bonds is 8. The van der Waals surface area contributed by atoms with E-state index in [2.05, 4.69) is 10.3 Å². The number of hydrogen-bond donors (Lipinski definition) is 1. The summed E-state index contributed by atoms with van der Waals surface area (Å²) in [7, 11) is 5.46. The molecule has 0 aliphatic carbocycles. The Bertz CT molecular complexity index is 631. The lowest BCUT2D eigenvalue weighted by Gasteiger charge is -2.27. The molecule has 1 aromatic carbocycles. The summed E-state index contributed by atoms with van der Waals surface area (Å²) in [5, 5.41) is 3.39. The van der Waals surface area contributed by atoms with Crippen molar-refractivity contribution in [2.45, 2.75) is 38.8 Å². The second-order valence-electron chi connectivity index (χ2n) is 7.23. The lowest BCUT2D eigenvalue weighted by atomic mass is 10.1. The van der Waals surface area contributed by atoms with Gasteiger partial charge in [-0.05, 0) is 43.9 Å². The summed E-state index contributed by atoms with van der Waals surface area (Å²) in [6.45, 7) is 4.95. The summed E-state index contributed by atoms with van der Waals surface area (Å²) in [5.74, 6) is 1.55. The molecule has 1 N–H and O–H groups in total. The molecule has 1 atom stereocenters. The van der Waals surface area contributed by atoms with E-state index >= 15 is 0 Å². The molecule has 0 saturated carbocycles. The van der Waals surface area contributed by atoms with Crippen molar-refractivity contribution in [3.63, 3.8) is 0 Å². The summed E-state index contributed by atoms with van der Waals surface area (Å²) < 4.78 is 11.3. The normalized spacial score (nSPS) is 16.6. The van der Waals surface area contributed by atoms with Gasteiger partial charge in [0, 0.05) is 40.8 Å². The standard InChI is InChI=1S/C21H34N4O3.HI/c1-5-27-18-11-9-17(10-12-18)16-25(4)21(23-15-20(26)24(2)3)22-14-19-8-6-7-13-28-19;/h9-12,19H,5-8,13-16H2,1-4H3,(H,22,23);1H. The zero-order valence-corrected chi connectivity index (χ0v) is 20.3. The van der Waals surface area contributed by atoms with Crippen LogP contribution in [0.2, 0.25) is 0 Å². The monoisotopic (exact) mass is 518 g/mol. The highest BCUT2D eigenvalue weighted by Crippen LogP contribution is 2.14. The molecule has 1 amide bonds. The van der Waals surface area contributed by atoms with Crippen LogP contribution >= 0.6 is 24.0 Å². The molecule has 1 fully saturated rings. The average Bonchev–Trinajstić information content (AvgIpc) is 2.70. The molecule has 1 aromatic rings. The van der Waals surface area contributed by atoms with Gasteiger partial charge in [0.2, 0.25) is 5.91 Å². The van der Waals surface area contributed by atoms with Crippen LogP contribution in [0.4, 0.5) is 0 Å². The van der Waals surface area contributed by atoms with Crippen LogP contribution in [0.25, 0.3) is 0 Å². The summed E-state index contributed by atoms with van der Waals surface area (Å²) in [5.41, 5.74) is 1.15. The first kappa shape index (κ1) is 25.5. The Morgan fingerprint density at radius 1 is 1.24 bits per heavy atom. The molecule has 0 aromatic heterocycles. The van der Waals surface area contributed by atoms with Crippen molar-refractivity contribution in [3.8, 4) is 5.75 Å². The van der Waals surface area contributed by atoms with Crippen molar-refractivity contribution < 1.29 is 14.3 Å². The summed E-state index contributed by atoms with van der Waals surface area (Å²) >= 11 is 0. The van der Waals surface area contributed by atoms with E-state index in [1.807, 2.05) is 43.1 Å². The molecule has 8 heteroatoms. The predicted octanol–water partition coefficient (Wildman–Crippen LogP) is 2.74. The van der Waals surface area contributed by atoms with Crippen molar-refractivity contribution in [1.82, 2.24) is 15.1 Å². The van der Waals surface area contributed by atoms with Gasteiger partial charge in [0.15, 0.2) is 5.96 Å². The topological polar surface area (TPSA) is 66.4 Å². The first-order valence-electron chi connectivity index (χ1n) is 10.0. The fourth-order valence-electron chi connectivity index (χ4n) is 2.98. The zero-order valence-electron chi connectivity index (χ0n) is 18.0. The van der Waals surface area contributed by atoms with Crippen LogP contribution in [0.5, 0.6) is 5.75 Å². The Morgan fingerprint density at radius 2 is 1.97 bits per heavy atom. The van der Waals surface area contributed by atoms with E-state index in [0.29, 0.717) is 25.7 Å². The second kappa shape index (κ2) is 13.6. The van der Waals surface area contributed by atoms with Gasteiger partial charge in [0.1, 0.15) is 12.3 Å². The number of carbonyl (C=O) groups excluding carboxylic acids is 1. The Labute approximate surface area is 191 Å². The Morgan fingerprint density at radius 3 is 2.55 bits per heavy atom. The molecule has 1 aliphatic rings. The highest BCUT2D eigenvalue weighted by atomic mass is 127. The van der Waals surface area contributed by atoms with Gasteiger partial charge in [0.25, 0.3) is 0 Å². The highest BCUT2D eigenvalue weighted by molar-refractivity contribution is 14.0. The first-order chi connectivity index (χ1) is 13.5. The van der Waals surface area contributed by atoms with Crippen molar-refractivity contribution in [2.75, 3.05) is 47.4 Å². The number of benzene rings is 1. The second-order valence-corrected chi connectivity index (χ2v) is 7.23. The maximum Gasteiger partial charge on any atom is 0.243 e. The maximum atomic E-state index is 12.0. The number of likely N-dealkylation sites (N-methyl/N-ethyl adjacent to an activating group) is 1. The van der Waals surface area contributed by atoms with Crippen LogP contribution in [0.3, 0.4) is 0 Å². The number of ether oxygens (including phenoxy) is 2. The summed E-state index contributed by atoms with van der Waals surface area (Å²) in [6.07, 6.45) is 3.58. The lowest BCUT2D eigenvalue weighted by molar-refractivity contribution is -0.127. The predicted molar refractivity (Wildman–Crippen MR) is 127 cm³/mol. The molecule has 0 radical (unpaired) electrons. The Hall–Kier alpha value is -1.55. The van der Waals surface area contributed by atoms with E-state index in [1.54, 1.807) is 19.0 Å². The van der Waals surface area contributed by atoms with E-state index in [1.165, 1.54) is 6.42 Å². The van der Waals surface area contributed by atoms with Gasteiger partial charge >= 0.3 is 0 Å². The number of amides is 1. The van der Waals surface area contributed by atoms with Crippen LogP contribution in [0.1, 0.15) is 31.7 Å². The lowest BCUT2D eigenvalue weighted by Crippen LogP contribution is -2.43. The molecular weight excluding hydrogens is 483 g/mol. The van der Waals surface area contributed by atoms with Crippen molar-refractivity contribution in [2.24, 2.45) is 4.99 Å². The van der Waals surface area contributed by atoms with E-state index in [0.717, 1.165) is 30.8 Å². The van der Waals surface area contributed by atoms with Gasteiger partial charge in [0.05, 0.1) is 12.7 Å². The number of nitrogens with zero attached hydrogens (tertiary/aromatic N) is 3. The van der Waals surface area contributed by atoms with Crippen LogP contribution in [0.15, 0.2) is 29.3 Å². The fraction of sp³-hybridized carbons (Fsp3) is 0.619. The maximum absolute atomic E-state index is 12.0. The molecule has 0 bridgehead atoms. The van der Waals surface area contributed by atoms with Crippen LogP contribution in [-0.2, 0) is 16.1 Å². The molecule has 0 spiro atoms. The van der Waals surface area contributed by atoms with E-state index in [9.17, 15) is 4.79 Å². The van der Waals surface area contributed by atoms with Crippen molar-refractivity contribution >= 4 is 35.8 Å². The SMILES string of the molecule is CCOc1ccc(CN(C)C(=NCC(=O)N(C)C)NCC2CCCCO2)cc1.I. The molecule has 164 valence electrons. The van der Waals surface area contributed by atoms with Crippen LogP contribution < -0.4 is 10.1 Å². The van der Waals surface area contributed by atoms with Gasteiger partial charge in [-0.2, -0.15) is 0 Å². The number of aliphatic imine (C=N–C) groups is 1. The third kappa shape index (κ3) is 9.20. The number of hydrogen-bond acceptors (Lipinski definition) is 4. The quantitative estimate of drug-likeness (QED) is 0.326. The minimum absolute atomic E-state index is 0. The fourth-order valence-corrected chi connectivity index (χ4v) is 2.98. The molecule has 2 rings (SSSR count). The van der Waals surface area contributed by atoms with Gasteiger partial charge in [-0.15, -0.1) is 24.0 Å². The molecule has 29 heavy (non-hydrogen) atoms. The largest absolute Gasteiger partial charge is 0.494 e. The molecule has 1 heterocycles. The zero-order chi connectivity index (χ0) is 20.4. The number of guanidine groups is 1. The number of halogens is 1. The van der Waals surface area contributed by atoms with Gasteiger partial charge in [-0.25, -0.2) is 4.99 Å². The number of carbonyl (C=O) groups is 1. The summed E-state index contributed by atoms with van der Waals surface area (Å²) in [4.78, 5) is 20.1. The highest BCUT2D eigenvalue weighted by Gasteiger charge is 2.16. The van der Waals surface area contributed by atoms with Crippen LogP contribution in [0, 0.1) is 0 Å². The smallest absolute Gasteiger partial charge is 0.243 e. The molecule has 1 saturated heterocycles. The first-order valence-corrected chi connectivity index (χ1v) is 10.0. The number of nitrogens with one attached hydrogen (secondary N) is 1. The van der Waals surface area contributed by atoms with E-state index < -0.39 is 0 Å². The molecule has 1 unspecified atom stereocenters. The molecule has 7 nitrogen and oxygen atoms in total. The third-order valence-electron chi connectivity index (χ3n) is 4.64. The third-order valence-corrected chi connectivity index (χ3v) is 4.64. The Kier molecular flexibility index (Phi) is 12.0. The molecule has 1 aliphatic heterocycles. The Balaban J connectivity index is 0.00000420. The van der Waals surface area contributed by atoms with Gasteiger partial charge in [-0.1, -0.05) is 12.1 Å². The van der Waals surface area contributed by atoms with E-state index in [4.69, 9.17) is 9.47 Å².